The Bertz CT molecular complexity index is 660. The lowest BCUT2D eigenvalue weighted by Crippen LogP contribution is -2.36. The third kappa shape index (κ3) is 3.03. The normalized spacial score (nSPS) is 13.1. The van der Waals surface area contributed by atoms with Gasteiger partial charge in [0.1, 0.15) is 5.57 Å². The second-order valence-corrected chi connectivity index (χ2v) is 11.2. The fourth-order valence-electron chi connectivity index (χ4n) is 3.08. The first-order valence-electron chi connectivity index (χ1n) is 7.32. The van der Waals surface area contributed by atoms with E-state index in [9.17, 15) is 4.79 Å². The molecule has 0 radical (unpaired) electrons. The molecule has 1 aromatic heterocycles. The molecule has 0 atom stereocenters. The van der Waals surface area contributed by atoms with Crippen LogP contribution in [0.1, 0.15) is 53.3 Å². The summed E-state index contributed by atoms with van der Waals surface area (Å²) in [4.78, 5) is 17.1. The molecule has 0 bridgehead atoms. The minimum atomic E-state index is -0.607. The Morgan fingerprint density at radius 3 is 2.05 bits per heavy atom. The highest BCUT2D eigenvalue weighted by atomic mass is 31.1. The molecule has 21 heavy (non-hydrogen) atoms. The van der Waals surface area contributed by atoms with Crippen LogP contribution in [-0.2, 0) is 0 Å². The summed E-state index contributed by atoms with van der Waals surface area (Å²) in [6, 6.07) is 7.90. The predicted octanol–water partition coefficient (Wildman–Crippen LogP) is 4.40. The number of hydrogen-bond donors (Lipinski definition) is 0. The summed E-state index contributed by atoms with van der Waals surface area (Å²) in [5.74, 6) is 0.0414. The zero-order chi connectivity index (χ0) is 16.0. The zero-order valence-corrected chi connectivity index (χ0v) is 15.0. The highest BCUT2D eigenvalue weighted by Crippen LogP contribution is 2.58. The van der Waals surface area contributed by atoms with E-state index in [0.29, 0.717) is 0 Å². The Balaban J connectivity index is 2.80. The van der Waals surface area contributed by atoms with Gasteiger partial charge in [-0.15, -0.1) is 0 Å². The lowest BCUT2D eigenvalue weighted by atomic mass is 10.2. The monoisotopic (exact) mass is 304 g/mol. The zero-order valence-electron chi connectivity index (χ0n) is 14.1. The number of para-hydroxylation sites is 2. The summed E-state index contributed by atoms with van der Waals surface area (Å²) in [6.07, 6.45) is 0. The van der Waals surface area contributed by atoms with Crippen molar-refractivity contribution in [2.75, 3.05) is 0 Å². The maximum atomic E-state index is 12.2. The number of rotatable bonds is 1. The van der Waals surface area contributed by atoms with Crippen molar-refractivity contribution < 1.29 is 4.79 Å². The Morgan fingerprint density at radius 2 is 1.57 bits per heavy atom. The number of carbonyl (C=O) groups is 1. The quantitative estimate of drug-likeness (QED) is 0.732. The molecule has 0 spiro atoms. The van der Waals surface area contributed by atoms with Crippen LogP contribution in [0, 0.1) is 0 Å². The van der Waals surface area contributed by atoms with Crippen molar-refractivity contribution in [2.45, 2.75) is 58.8 Å². The van der Waals surface area contributed by atoms with Gasteiger partial charge in [-0.05, 0) is 30.4 Å². The highest BCUT2D eigenvalue weighted by molar-refractivity contribution is 7.68. The fourth-order valence-corrected chi connectivity index (χ4v) is 6.95. The molecule has 4 heteroatoms. The van der Waals surface area contributed by atoms with Gasteiger partial charge in [0.2, 0.25) is 5.91 Å². The van der Waals surface area contributed by atoms with Crippen LogP contribution in [0.5, 0.6) is 0 Å². The van der Waals surface area contributed by atoms with E-state index in [1.54, 1.807) is 6.92 Å². The number of hydrogen-bond acceptors (Lipinski definition) is 2. The van der Waals surface area contributed by atoms with E-state index in [1.807, 2.05) is 28.8 Å². The van der Waals surface area contributed by atoms with Crippen molar-refractivity contribution >= 4 is 30.4 Å². The lowest BCUT2D eigenvalue weighted by molar-refractivity contribution is 0.0944. The second kappa shape index (κ2) is 5.21. The summed E-state index contributed by atoms with van der Waals surface area (Å²) in [6.45, 7) is 15.1. The van der Waals surface area contributed by atoms with E-state index < -0.39 is 7.92 Å². The summed E-state index contributed by atoms with van der Waals surface area (Å²) in [5.41, 5.74) is 2.77. The van der Waals surface area contributed by atoms with Crippen LogP contribution in [0.2, 0.25) is 0 Å². The predicted molar refractivity (Wildman–Crippen MR) is 92.1 cm³/mol. The van der Waals surface area contributed by atoms with Gasteiger partial charge in [-0.3, -0.25) is 9.36 Å². The molecule has 1 heterocycles. The van der Waals surface area contributed by atoms with Crippen LogP contribution in [-0.4, -0.2) is 25.8 Å². The van der Waals surface area contributed by atoms with E-state index in [-0.39, 0.29) is 16.2 Å². The lowest BCUT2D eigenvalue weighted by Gasteiger charge is -2.40. The molecule has 0 saturated heterocycles. The van der Waals surface area contributed by atoms with Gasteiger partial charge in [0.05, 0.1) is 11.0 Å². The maximum Gasteiger partial charge on any atom is 0.229 e. The van der Waals surface area contributed by atoms with Crippen LogP contribution in [0.3, 0.4) is 0 Å². The van der Waals surface area contributed by atoms with Crippen LogP contribution in [0.4, 0.5) is 0 Å². The summed E-state index contributed by atoms with van der Waals surface area (Å²) in [7, 11) is -0.607. The van der Waals surface area contributed by atoms with Gasteiger partial charge in [-0.1, -0.05) is 53.7 Å². The van der Waals surface area contributed by atoms with Gasteiger partial charge >= 0.3 is 0 Å². The van der Waals surface area contributed by atoms with Crippen molar-refractivity contribution in [2.24, 2.45) is 0 Å². The summed E-state index contributed by atoms with van der Waals surface area (Å²) in [5, 5.41) is 0.171. The molecule has 0 aliphatic heterocycles. The third-order valence-corrected chi connectivity index (χ3v) is 6.78. The molecule has 114 valence electrons. The van der Waals surface area contributed by atoms with Gasteiger partial charge in [-0.25, -0.2) is 4.98 Å². The van der Waals surface area contributed by atoms with Gasteiger partial charge in [0.25, 0.3) is 0 Å². The van der Waals surface area contributed by atoms with E-state index >= 15 is 0 Å². The molecular weight excluding hydrogens is 279 g/mol. The number of fused-ring (bicyclic) bond motifs is 1. The molecule has 0 unspecified atom stereocenters. The minimum absolute atomic E-state index is 0.0414. The number of nitrogens with zero attached hydrogens (tertiary/aromatic N) is 2. The molecule has 2 aromatic rings. The van der Waals surface area contributed by atoms with E-state index in [1.165, 1.54) is 0 Å². The van der Waals surface area contributed by atoms with Gasteiger partial charge in [0, 0.05) is 6.92 Å². The smallest absolute Gasteiger partial charge is 0.229 e. The van der Waals surface area contributed by atoms with Crippen molar-refractivity contribution in [3.63, 3.8) is 0 Å². The summed E-state index contributed by atoms with van der Waals surface area (Å²) >= 11 is 0. The maximum absolute atomic E-state index is 12.2. The largest absolute Gasteiger partial charge is 0.274 e. The molecule has 0 aliphatic carbocycles. The molecule has 0 amide bonds. The van der Waals surface area contributed by atoms with Gasteiger partial charge < -0.3 is 0 Å². The first-order valence-corrected chi connectivity index (χ1v) is 8.66. The molecule has 0 N–H and O–H groups in total. The first-order chi connectivity index (χ1) is 9.53. The van der Waals surface area contributed by atoms with Gasteiger partial charge in [0.15, 0.2) is 0 Å². The fraction of sp³-hybridized carbons (Fsp3) is 0.529. The first kappa shape index (κ1) is 16.2. The van der Waals surface area contributed by atoms with Crippen LogP contribution >= 0.6 is 7.92 Å². The molecular formula is C17H25N2OP. The van der Waals surface area contributed by atoms with Crippen molar-refractivity contribution in [1.29, 1.82) is 0 Å². The second-order valence-electron chi connectivity index (χ2n) is 7.43. The molecule has 1 aromatic carbocycles. The molecule has 3 nitrogen and oxygen atoms in total. The highest BCUT2D eigenvalue weighted by Gasteiger charge is 2.39. The molecule has 2 rings (SSSR count). The van der Waals surface area contributed by atoms with Crippen LogP contribution < -0.4 is 5.57 Å². The number of carbonyl (C=O) groups excluding carboxylic acids is 1. The van der Waals surface area contributed by atoms with Crippen LogP contribution in [0.25, 0.3) is 11.0 Å². The van der Waals surface area contributed by atoms with E-state index in [4.69, 9.17) is 4.98 Å². The van der Waals surface area contributed by atoms with Crippen molar-refractivity contribution in [3.05, 3.63) is 24.3 Å². The molecule has 0 fully saturated rings. The topological polar surface area (TPSA) is 34.9 Å². The average Bonchev–Trinajstić information content (AvgIpc) is 2.62. The third-order valence-electron chi connectivity index (χ3n) is 3.40. The number of benzene rings is 1. The Morgan fingerprint density at radius 1 is 1.05 bits per heavy atom. The van der Waals surface area contributed by atoms with Gasteiger partial charge in [-0.2, -0.15) is 0 Å². The minimum Gasteiger partial charge on any atom is -0.274 e. The van der Waals surface area contributed by atoms with Crippen LogP contribution in [0.15, 0.2) is 24.3 Å². The van der Waals surface area contributed by atoms with Crippen molar-refractivity contribution in [3.8, 4) is 0 Å². The Hall–Kier alpha value is -1.21. The molecule has 0 aliphatic rings. The van der Waals surface area contributed by atoms with Crippen molar-refractivity contribution in [1.82, 2.24) is 9.55 Å². The SMILES string of the molecule is CC(=O)n1c(P(C(C)(C)C)C(C)(C)C)nc2ccccc21. The standard InChI is InChI=1S/C17H25N2OP/c1-12(20)19-14-11-9-8-10-13(14)18-15(19)21(16(2,3)4)17(5,6)7/h8-11H,1-7H3. The summed E-state index contributed by atoms with van der Waals surface area (Å²) < 4.78 is 1.82. The van der Waals surface area contributed by atoms with E-state index in [2.05, 4.69) is 41.5 Å². The number of imidazole rings is 1. The average molecular weight is 304 g/mol. The number of aromatic nitrogens is 2. The molecule has 0 saturated carbocycles. The Labute approximate surface area is 128 Å². The Kier molecular flexibility index (Phi) is 4.01. The van der Waals surface area contributed by atoms with E-state index in [0.717, 1.165) is 16.6 Å².